The van der Waals surface area contributed by atoms with Crippen LogP contribution < -0.4 is 4.90 Å². The highest BCUT2D eigenvalue weighted by atomic mass is 32.1. The van der Waals surface area contributed by atoms with Crippen LogP contribution in [0.3, 0.4) is 0 Å². The lowest BCUT2D eigenvalue weighted by atomic mass is 9.97. The smallest absolute Gasteiger partial charge is 0.147 e. The van der Waals surface area contributed by atoms with Crippen molar-refractivity contribution in [3.63, 3.8) is 0 Å². The van der Waals surface area contributed by atoms with Crippen molar-refractivity contribution in [1.82, 2.24) is 24.5 Å². The van der Waals surface area contributed by atoms with Crippen LogP contribution in [0, 0.1) is 0 Å². The molecular formula is C20H20N6S. The molecule has 1 fully saturated rings. The molecule has 1 aliphatic rings. The number of imidazole rings is 1. The number of aromatic nitrogens is 5. The fraction of sp³-hybridized carbons (Fsp3) is 0.300. The Morgan fingerprint density at radius 1 is 1.11 bits per heavy atom. The van der Waals surface area contributed by atoms with Gasteiger partial charge in [-0.1, -0.05) is 12.1 Å². The minimum Gasteiger partial charge on any atom is -0.355 e. The number of hydrogen-bond acceptors (Lipinski definition) is 6. The molecule has 0 bridgehead atoms. The molecule has 0 amide bonds. The van der Waals surface area contributed by atoms with Crippen LogP contribution in [-0.4, -0.2) is 37.6 Å². The third kappa shape index (κ3) is 3.30. The van der Waals surface area contributed by atoms with Crippen LogP contribution >= 0.6 is 11.3 Å². The molecule has 6 nitrogen and oxygen atoms in total. The molecule has 1 aliphatic heterocycles. The number of thiazole rings is 1. The molecule has 1 saturated heterocycles. The zero-order chi connectivity index (χ0) is 18.1. The number of fused-ring (bicyclic) bond motifs is 1. The summed E-state index contributed by atoms with van der Waals surface area (Å²) in [5, 5.41) is 2.10. The minimum absolute atomic E-state index is 0.389. The topological polar surface area (TPSA) is 59.7 Å². The third-order valence-electron chi connectivity index (χ3n) is 5.11. The summed E-state index contributed by atoms with van der Waals surface area (Å²) in [4.78, 5) is 20.8. The number of para-hydroxylation sites is 2. The normalized spacial score (nSPS) is 17.5. The van der Waals surface area contributed by atoms with Crippen molar-refractivity contribution < 1.29 is 0 Å². The fourth-order valence-electron chi connectivity index (χ4n) is 3.80. The van der Waals surface area contributed by atoms with Gasteiger partial charge in [0, 0.05) is 36.8 Å². The highest BCUT2D eigenvalue weighted by molar-refractivity contribution is 7.07. The van der Waals surface area contributed by atoms with Crippen LogP contribution in [0.1, 0.15) is 30.3 Å². The molecule has 4 aromatic rings. The Labute approximate surface area is 161 Å². The monoisotopic (exact) mass is 376 g/mol. The maximum Gasteiger partial charge on any atom is 0.147 e. The Balaban J connectivity index is 1.38. The molecular weight excluding hydrogens is 356 g/mol. The van der Waals surface area contributed by atoms with Crippen molar-refractivity contribution in [2.45, 2.75) is 25.3 Å². The zero-order valence-corrected chi connectivity index (χ0v) is 15.7. The molecule has 27 heavy (non-hydrogen) atoms. The van der Waals surface area contributed by atoms with Crippen LogP contribution in [-0.2, 0) is 6.54 Å². The number of benzene rings is 1. The fourth-order valence-corrected chi connectivity index (χ4v) is 4.35. The Morgan fingerprint density at radius 3 is 2.93 bits per heavy atom. The lowest BCUT2D eigenvalue weighted by Gasteiger charge is -2.33. The van der Waals surface area contributed by atoms with Crippen LogP contribution in [0.4, 0.5) is 5.82 Å². The van der Waals surface area contributed by atoms with E-state index < -0.39 is 0 Å². The number of anilines is 1. The quantitative estimate of drug-likeness (QED) is 0.543. The summed E-state index contributed by atoms with van der Waals surface area (Å²) in [7, 11) is 0. The van der Waals surface area contributed by atoms with E-state index in [1.54, 1.807) is 11.3 Å². The standard InChI is InChI=1S/C20H20N6S/c1-2-6-18-17(5-1)22-10-19(24-18)25-8-3-4-15(11-25)20-21-7-9-26(20)12-16-13-27-14-23-16/h1-2,5-7,9-10,13-15H,3-4,8,11-12H2/t15-/m1/s1. The van der Waals surface area contributed by atoms with Gasteiger partial charge in [-0.15, -0.1) is 11.3 Å². The van der Waals surface area contributed by atoms with Gasteiger partial charge in [-0.3, -0.25) is 4.98 Å². The molecule has 1 atom stereocenters. The van der Waals surface area contributed by atoms with E-state index >= 15 is 0 Å². The van der Waals surface area contributed by atoms with Gasteiger partial charge in [0.05, 0.1) is 35.0 Å². The van der Waals surface area contributed by atoms with Gasteiger partial charge in [0.25, 0.3) is 0 Å². The van der Waals surface area contributed by atoms with Crippen molar-refractivity contribution in [3.05, 3.63) is 65.3 Å². The molecule has 0 spiro atoms. The molecule has 0 aliphatic carbocycles. The molecule has 136 valence electrons. The van der Waals surface area contributed by atoms with Gasteiger partial charge < -0.3 is 9.47 Å². The summed E-state index contributed by atoms with van der Waals surface area (Å²) in [6.45, 7) is 2.71. The van der Waals surface area contributed by atoms with Gasteiger partial charge in [0.1, 0.15) is 11.6 Å². The third-order valence-corrected chi connectivity index (χ3v) is 5.75. The second-order valence-electron chi connectivity index (χ2n) is 6.90. The summed E-state index contributed by atoms with van der Waals surface area (Å²) in [6.07, 6.45) is 8.13. The van der Waals surface area contributed by atoms with Gasteiger partial charge in [-0.2, -0.15) is 0 Å². The Bertz CT molecular complexity index is 1040. The average Bonchev–Trinajstić information content (AvgIpc) is 3.40. The Hall–Kier alpha value is -2.80. The van der Waals surface area contributed by atoms with Crippen LogP contribution in [0.25, 0.3) is 11.0 Å². The van der Waals surface area contributed by atoms with Crippen molar-refractivity contribution in [2.24, 2.45) is 0 Å². The largest absolute Gasteiger partial charge is 0.355 e. The first-order valence-corrected chi connectivity index (χ1v) is 10.2. The van der Waals surface area contributed by atoms with Gasteiger partial charge in [-0.05, 0) is 25.0 Å². The highest BCUT2D eigenvalue weighted by Crippen LogP contribution is 2.29. The number of rotatable bonds is 4. The van der Waals surface area contributed by atoms with Crippen molar-refractivity contribution in [2.75, 3.05) is 18.0 Å². The molecule has 1 aromatic carbocycles. The zero-order valence-electron chi connectivity index (χ0n) is 14.9. The van der Waals surface area contributed by atoms with Gasteiger partial charge in [-0.25, -0.2) is 15.0 Å². The van der Waals surface area contributed by atoms with Crippen LogP contribution in [0.2, 0.25) is 0 Å². The van der Waals surface area contributed by atoms with Gasteiger partial charge in [0.2, 0.25) is 0 Å². The summed E-state index contributed by atoms with van der Waals surface area (Å²) in [5.74, 6) is 2.48. The van der Waals surface area contributed by atoms with E-state index in [-0.39, 0.29) is 0 Å². The van der Waals surface area contributed by atoms with Crippen LogP contribution in [0.5, 0.6) is 0 Å². The maximum atomic E-state index is 4.83. The van der Waals surface area contributed by atoms with Gasteiger partial charge in [0.15, 0.2) is 0 Å². The van der Waals surface area contributed by atoms with Crippen molar-refractivity contribution in [3.8, 4) is 0 Å². The van der Waals surface area contributed by atoms with E-state index in [9.17, 15) is 0 Å². The van der Waals surface area contributed by atoms with E-state index in [0.29, 0.717) is 5.92 Å². The summed E-state index contributed by atoms with van der Waals surface area (Å²) >= 11 is 1.63. The van der Waals surface area contributed by atoms with Crippen LogP contribution in [0.15, 0.2) is 53.7 Å². The van der Waals surface area contributed by atoms with Crippen molar-refractivity contribution in [1.29, 1.82) is 0 Å². The second kappa shape index (κ2) is 7.08. The molecule has 3 aromatic heterocycles. The van der Waals surface area contributed by atoms with Crippen molar-refractivity contribution >= 4 is 28.2 Å². The predicted molar refractivity (Wildman–Crippen MR) is 107 cm³/mol. The Morgan fingerprint density at radius 2 is 2.04 bits per heavy atom. The van der Waals surface area contributed by atoms with E-state index in [4.69, 9.17) is 4.98 Å². The minimum atomic E-state index is 0.389. The Kier molecular flexibility index (Phi) is 4.29. The summed E-state index contributed by atoms with van der Waals surface area (Å²) in [6, 6.07) is 8.03. The molecule has 0 N–H and O–H groups in total. The van der Waals surface area contributed by atoms with E-state index in [2.05, 4.69) is 36.0 Å². The van der Waals surface area contributed by atoms with E-state index in [0.717, 1.165) is 60.8 Å². The molecule has 0 saturated carbocycles. The average molecular weight is 376 g/mol. The first kappa shape index (κ1) is 16.4. The first-order valence-electron chi connectivity index (χ1n) is 9.21. The van der Waals surface area contributed by atoms with E-state index in [1.807, 2.05) is 42.2 Å². The molecule has 4 heterocycles. The number of piperidine rings is 1. The second-order valence-corrected chi connectivity index (χ2v) is 7.61. The SMILES string of the molecule is c1ccc2nc(N3CCC[C@@H](c4nccn4Cc4cscn4)C3)cnc2c1. The molecule has 5 rings (SSSR count). The maximum absolute atomic E-state index is 4.83. The molecule has 7 heteroatoms. The lowest BCUT2D eigenvalue weighted by Crippen LogP contribution is -2.36. The predicted octanol–water partition coefficient (Wildman–Crippen LogP) is 3.72. The summed E-state index contributed by atoms with van der Waals surface area (Å²) in [5.41, 5.74) is 4.86. The molecule has 0 unspecified atom stereocenters. The lowest BCUT2D eigenvalue weighted by molar-refractivity contribution is 0.473. The number of hydrogen-bond donors (Lipinski definition) is 0. The molecule has 0 radical (unpaired) electrons. The van der Waals surface area contributed by atoms with E-state index in [1.165, 1.54) is 0 Å². The summed E-state index contributed by atoms with van der Waals surface area (Å²) < 4.78 is 2.23. The number of nitrogens with zero attached hydrogens (tertiary/aromatic N) is 6. The first-order chi connectivity index (χ1) is 13.4. The van der Waals surface area contributed by atoms with Gasteiger partial charge >= 0.3 is 0 Å². The highest BCUT2D eigenvalue weighted by Gasteiger charge is 2.26.